The van der Waals surface area contributed by atoms with E-state index in [1.807, 2.05) is 20.8 Å². The number of pyridine rings is 1. The summed E-state index contributed by atoms with van der Waals surface area (Å²) >= 11 is 0. The summed E-state index contributed by atoms with van der Waals surface area (Å²) in [6, 6.07) is 3.19. The maximum atomic E-state index is 12.3. The highest BCUT2D eigenvalue weighted by molar-refractivity contribution is 5.99. The fraction of sp³-hybridized carbons (Fsp3) is 0.500. The van der Waals surface area contributed by atoms with Crippen LogP contribution in [0.25, 0.3) is 0 Å². The number of rotatable bonds is 4. The third-order valence-electron chi connectivity index (χ3n) is 3.05. The van der Waals surface area contributed by atoms with Gasteiger partial charge < -0.3 is 16.5 Å². The predicted molar refractivity (Wildman–Crippen MR) is 81.5 cm³/mol. The number of hydrogen-bond acceptors (Lipinski definition) is 5. The Kier molecular flexibility index (Phi) is 4.58. The maximum Gasteiger partial charge on any atom is 0.252 e. The first kappa shape index (κ1) is 16.9. The highest BCUT2D eigenvalue weighted by Gasteiger charge is 2.28. The van der Waals surface area contributed by atoms with Crippen LogP contribution in [0.15, 0.2) is 12.1 Å². The van der Waals surface area contributed by atoms with E-state index in [1.54, 1.807) is 19.9 Å². The van der Waals surface area contributed by atoms with E-state index in [1.165, 1.54) is 6.07 Å². The zero-order chi connectivity index (χ0) is 16.4. The fourth-order valence-electron chi connectivity index (χ4n) is 1.54. The molecule has 0 radical (unpaired) electrons. The van der Waals surface area contributed by atoms with Gasteiger partial charge in [0, 0.05) is 16.7 Å². The molecule has 0 aliphatic heterocycles. The van der Waals surface area contributed by atoms with Crippen molar-refractivity contribution in [3.63, 3.8) is 0 Å². The molecule has 0 bridgehead atoms. The van der Waals surface area contributed by atoms with Crippen molar-refractivity contribution < 1.29 is 9.59 Å². The van der Waals surface area contributed by atoms with Crippen LogP contribution in [-0.4, -0.2) is 22.3 Å². The van der Waals surface area contributed by atoms with Gasteiger partial charge >= 0.3 is 0 Å². The molecule has 0 saturated heterocycles. The summed E-state index contributed by atoms with van der Waals surface area (Å²) in [5, 5.41) is 2.59. The highest BCUT2D eigenvalue weighted by atomic mass is 16.2. The quantitative estimate of drug-likeness (QED) is 0.479. The highest BCUT2D eigenvalue weighted by Crippen LogP contribution is 2.23. The lowest BCUT2D eigenvalue weighted by Gasteiger charge is -2.23. The molecule has 7 nitrogen and oxygen atoms in total. The van der Waals surface area contributed by atoms with Crippen molar-refractivity contribution in [2.45, 2.75) is 45.6 Å². The maximum absolute atomic E-state index is 12.3. The van der Waals surface area contributed by atoms with Gasteiger partial charge in [-0.1, -0.05) is 20.8 Å². The molecule has 7 heteroatoms. The molecule has 21 heavy (non-hydrogen) atoms. The second-order valence-corrected chi connectivity index (χ2v) is 6.46. The summed E-state index contributed by atoms with van der Waals surface area (Å²) in [4.78, 5) is 27.9. The number of nitrogens with two attached hydrogens (primary N) is 2. The molecule has 0 saturated carbocycles. The van der Waals surface area contributed by atoms with E-state index in [2.05, 4.69) is 15.7 Å². The van der Waals surface area contributed by atoms with E-state index in [9.17, 15) is 9.59 Å². The number of carbonyl (C=O) groups is 2. The van der Waals surface area contributed by atoms with Crippen LogP contribution in [0.2, 0.25) is 0 Å². The van der Waals surface area contributed by atoms with E-state index in [-0.39, 0.29) is 5.41 Å². The molecule has 0 aromatic carbocycles. The first-order valence-corrected chi connectivity index (χ1v) is 6.59. The number of hydrogen-bond donors (Lipinski definition) is 4. The molecule has 1 rings (SSSR count). The molecule has 1 aromatic rings. The van der Waals surface area contributed by atoms with Crippen LogP contribution in [0.1, 0.15) is 50.7 Å². The minimum absolute atomic E-state index is 0.249. The molecule has 0 atom stereocenters. The van der Waals surface area contributed by atoms with E-state index in [0.717, 1.165) is 0 Å². The second kappa shape index (κ2) is 5.69. The van der Waals surface area contributed by atoms with E-state index in [0.29, 0.717) is 17.1 Å². The fourth-order valence-corrected chi connectivity index (χ4v) is 1.54. The van der Waals surface area contributed by atoms with Crippen LogP contribution in [0.4, 0.5) is 5.82 Å². The molecule has 1 heterocycles. The lowest BCUT2D eigenvalue weighted by molar-refractivity contribution is -0.122. The van der Waals surface area contributed by atoms with Gasteiger partial charge in [0.15, 0.2) is 0 Å². The standard InChI is InChI=1S/C14H23N5O2/c1-13(2,3)9-6-8(7-10(17-9)19-16)11(20)18-14(4,5)12(15)21/h6-7H,16H2,1-5H3,(H2,15,21)(H,17,19)(H,18,20). The van der Waals surface area contributed by atoms with Crippen LogP contribution < -0.4 is 22.3 Å². The molecule has 2 amide bonds. The monoisotopic (exact) mass is 293 g/mol. The first-order chi connectivity index (χ1) is 9.47. The Hall–Kier alpha value is -2.15. The number of carbonyl (C=O) groups excluding carboxylic acids is 2. The Morgan fingerprint density at radius 2 is 1.71 bits per heavy atom. The molecule has 0 spiro atoms. The Balaban J connectivity index is 3.18. The van der Waals surface area contributed by atoms with Crippen LogP contribution >= 0.6 is 0 Å². The normalized spacial score (nSPS) is 11.9. The molecular formula is C14H23N5O2. The van der Waals surface area contributed by atoms with E-state index >= 15 is 0 Å². The molecule has 0 aliphatic carbocycles. The minimum Gasteiger partial charge on any atom is -0.368 e. The van der Waals surface area contributed by atoms with Crippen molar-refractivity contribution in [1.29, 1.82) is 0 Å². The average molecular weight is 293 g/mol. The SMILES string of the molecule is CC(C)(NC(=O)c1cc(NN)nc(C(C)(C)C)c1)C(N)=O. The van der Waals surface area contributed by atoms with Crippen LogP contribution in [0, 0.1) is 0 Å². The minimum atomic E-state index is -1.14. The van der Waals surface area contributed by atoms with Gasteiger partial charge in [0.2, 0.25) is 5.91 Å². The number of nitrogens with zero attached hydrogens (tertiary/aromatic N) is 1. The van der Waals surface area contributed by atoms with Gasteiger partial charge in [0.25, 0.3) is 5.91 Å². The van der Waals surface area contributed by atoms with Crippen molar-refractivity contribution >= 4 is 17.6 Å². The molecule has 0 unspecified atom stereocenters. The molecule has 116 valence electrons. The van der Waals surface area contributed by atoms with Gasteiger partial charge in [-0.15, -0.1) is 0 Å². The number of nitrogen functional groups attached to an aromatic ring is 1. The number of anilines is 1. The molecule has 6 N–H and O–H groups in total. The van der Waals surface area contributed by atoms with Crippen molar-refractivity contribution in [1.82, 2.24) is 10.3 Å². The van der Waals surface area contributed by atoms with Gasteiger partial charge in [-0.2, -0.15) is 0 Å². The van der Waals surface area contributed by atoms with Crippen molar-refractivity contribution in [3.8, 4) is 0 Å². The molecular weight excluding hydrogens is 270 g/mol. The number of primary amides is 1. The molecule has 0 aliphatic rings. The van der Waals surface area contributed by atoms with Gasteiger partial charge in [0.1, 0.15) is 11.4 Å². The number of hydrazine groups is 1. The lowest BCUT2D eigenvalue weighted by atomic mass is 9.90. The average Bonchev–Trinajstić information content (AvgIpc) is 2.36. The first-order valence-electron chi connectivity index (χ1n) is 6.59. The lowest BCUT2D eigenvalue weighted by Crippen LogP contribution is -2.53. The summed E-state index contributed by atoms with van der Waals surface area (Å²) in [5.41, 5.74) is 7.37. The Bertz CT molecular complexity index is 561. The van der Waals surface area contributed by atoms with Gasteiger partial charge in [0.05, 0.1) is 0 Å². The van der Waals surface area contributed by atoms with E-state index < -0.39 is 17.4 Å². The van der Waals surface area contributed by atoms with E-state index in [4.69, 9.17) is 11.6 Å². The van der Waals surface area contributed by atoms with Crippen molar-refractivity contribution in [3.05, 3.63) is 23.4 Å². The molecule has 1 aromatic heterocycles. The van der Waals surface area contributed by atoms with Crippen molar-refractivity contribution in [2.24, 2.45) is 11.6 Å². The van der Waals surface area contributed by atoms with Crippen LogP contribution in [0.3, 0.4) is 0 Å². The van der Waals surface area contributed by atoms with Gasteiger partial charge in [-0.25, -0.2) is 10.8 Å². The van der Waals surface area contributed by atoms with Gasteiger partial charge in [-0.05, 0) is 26.0 Å². The topological polar surface area (TPSA) is 123 Å². The van der Waals surface area contributed by atoms with Gasteiger partial charge in [-0.3, -0.25) is 9.59 Å². The molecule has 0 fully saturated rings. The summed E-state index contributed by atoms with van der Waals surface area (Å²) in [7, 11) is 0. The Labute approximate surface area is 124 Å². The zero-order valence-electron chi connectivity index (χ0n) is 13.1. The smallest absolute Gasteiger partial charge is 0.252 e. The Morgan fingerprint density at radius 1 is 1.14 bits per heavy atom. The van der Waals surface area contributed by atoms with Crippen molar-refractivity contribution in [2.75, 3.05) is 5.43 Å². The summed E-state index contributed by atoms with van der Waals surface area (Å²) < 4.78 is 0. The number of aromatic nitrogens is 1. The number of amides is 2. The largest absolute Gasteiger partial charge is 0.368 e. The summed E-state index contributed by atoms with van der Waals surface area (Å²) in [6.45, 7) is 9.02. The Morgan fingerprint density at radius 3 is 2.14 bits per heavy atom. The summed E-state index contributed by atoms with van der Waals surface area (Å²) in [6.07, 6.45) is 0. The second-order valence-electron chi connectivity index (χ2n) is 6.46. The van der Waals surface area contributed by atoms with Crippen LogP contribution in [0.5, 0.6) is 0 Å². The number of nitrogens with one attached hydrogen (secondary N) is 2. The van der Waals surface area contributed by atoms with Crippen LogP contribution in [-0.2, 0) is 10.2 Å². The third-order valence-corrected chi connectivity index (χ3v) is 3.05. The predicted octanol–water partition coefficient (Wildman–Crippen LogP) is 0.658. The zero-order valence-corrected chi connectivity index (χ0v) is 13.1. The summed E-state index contributed by atoms with van der Waals surface area (Å²) in [5.74, 6) is 4.74. The third kappa shape index (κ3) is 4.16.